The number of hydrogen-bond acceptors (Lipinski definition) is 3. The van der Waals surface area contributed by atoms with E-state index in [2.05, 4.69) is 31.2 Å². The Bertz CT molecular complexity index is 652. The van der Waals surface area contributed by atoms with Crippen LogP contribution < -0.4 is 5.32 Å². The third-order valence-corrected chi connectivity index (χ3v) is 4.06. The van der Waals surface area contributed by atoms with Gasteiger partial charge < -0.3 is 15.4 Å². The summed E-state index contributed by atoms with van der Waals surface area (Å²) in [5.74, 6) is 0.0624. The van der Waals surface area contributed by atoms with E-state index in [-0.39, 0.29) is 0 Å². The summed E-state index contributed by atoms with van der Waals surface area (Å²) in [4.78, 5) is 18.6. The average Bonchev–Trinajstić information content (AvgIpc) is 2.92. The maximum absolute atomic E-state index is 11.0. The fraction of sp³-hybridized carbons (Fsp3) is 0.375. The van der Waals surface area contributed by atoms with E-state index in [0.717, 1.165) is 21.6 Å². The van der Waals surface area contributed by atoms with Gasteiger partial charge in [-0.05, 0) is 38.9 Å². The molecule has 0 unspecified atom stereocenters. The molecule has 2 rings (SSSR count). The van der Waals surface area contributed by atoms with Crippen LogP contribution >= 0.6 is 15.9 Å². The number of benzene rings is 1. The molecule has 5 nitrogen and oxygen atoms in total. The predicted octanol–water partition coefficient (Wildman–Crippen LogP) is 3.43. The molecule has 0 atom stereocenters. The lowest BCUT2D eigenvalue weighted by Crippen LogP contribution is -2.29. The normalized spacial score (nSPS) is 11.6. The largest absolute Gasteiger partial charge is 0.481 e. The van der Waals surface area contributed by atoms with E-state index < -0.39 is 11.4 Å². The van der Waals surface area contributed by atoms with Crippen LogP contribution in [0.15, 0.2) is 34.9 Å². The summed E-state index contributed by atoms with van der Waals surface area (Å²) in [5, 5.41) is 12.3. The molecule has 0 bridgehead atoms. The molecule has 0 aliphatic rings. The van der Waals surface area contributed by atoms with Gasteiger partial charge in [-0.25, -0.2) is 4.98 Å². The molecule has 1 aromatic heterocycles. The van der Waals surface area contributed by atoms with Gasteiger partial charge in [0, 0.05) is 10.0 Å². The van der Waals surface area contributed by atoms with Crippen molar-refractivity contribution < 1.29 is 9.90 Å². The van der Waals surface area contributed by atoms with Crippen LogP contribution in [0.25, 0.3) is 11.3 Å². The molecule has 0 spiro atoms. The van der Waals surface area contributed by atoms with Gasteiger partial charge in [0.15, 0.2) is 0 Å². The number of carboxylic acids is 1. The highest BCUT2D eigenvalue weighted by Crippen LogP contribution is 2.21. The van der Waals surface area contributed by atoms with Crippen molar-refractivity contribution in [2.45, 2.75) is 26.8 Å². The lowest BCUT2D eigenvalue weighted by atomic mass is 9.90. The Morgan fingerprint density at radius 2 is 2.23 bits per heavy atom. The molecule has 118 valence electrons. The standard InChI is InChI=1S/C16H20BrN3O2/c1-16(2,15(21)22)6-7-18-10-14-19-9-13(20-14)11-4-3-5-12(17)8-11/h3-5,8-9,18H,6-7,10H2,1-2H3,(H,19,20)(H,21,22). The summed E-state index contributed by atoms with van der Waals surface area (Å²) < 4.78 is 1.02. The summed E-state index contributed by atoms with van der Waals surface area (Å²) in [7, 11) is 0. The first-order valence-corrected chi connectivity index (χ1v) is 7.92. The highest BCUT2D eigenvalue weighted by Gasteiger charge is 2.26. The van der Waals surface area contributed by atoms with Crippen LogP contribution in [0.4, 0.5) is 0 Å². The molecule has 0 aliphatic heterocycles. The number of halogens is 1. The van der Waals surface area contributed by atoms with Gasteiger partial charge in [0.2, 0.25) is 0 Å². The first-order chi connectivity index (χ1) is 10.4. The quantitative estimate of drug-likeness (QED) is 0.656. The van der Waals surface area contributed by atoms with Crippen LogP contribution in [0.5, 0.6) is 0 Å². The van der Waals surface area contributed by atoms with Crippen LogP contribution in [0.2, 0.25) is 0 Å². The van der Waals surface area contributed by atoms with Gasteiger partial charge in [-0.15, -0.1) is 0 Å². The molecule has 0 saturated carbocycles. The Hall–Kier alpha value is -1.66. The van der Waals surface area contributed by atoms with Crippen LogP contribution in [0.1, 0.15) is 26.1 Å². The molecule has 1 heterocycles. The van der Waals surface area contributed by atoms with E-state index in [9.17, 15) is 4.79 Å². The lowest BCUT2D eigenvalue weighted by molar-refractivity contribution is -0.147. The molecule has 6 heteroatoms. The fourth-order valence-electron chi connectivity index (χ4n) is 1.97. The maximum Gasteiger partial charge on any atom is 0.309 e. The summed E-state index contributed by atoms with van der Waals surface area (Å²) in [6.45, 7) is 4.68. The van der Waals surface area contributed by atoms with Crippen molar-refractivity contribution in [2.24, 2.45) is 5.41 Å². The zero-order valence-electron chi connectivity index (χ0n) is 12.7. The molecule has 1 aromatic carbocycles. The van der Waals surface area contributed by atoms with Crippen molar-refractivity contribution in [3.8, 4) is 11.3 Å². The van der Waals surface area contributed by atoms with Gasteiger partial charge in [-0.2, -0.15) is 0 Å². The first-order valence-electron chi connectivity index (χ1n) is 7.12. The Morgan fingerprint density at radius 1 is 1.45 bits per heavy atom. The van der Waals surface area contributed by atoms with Crippen molar-refractivity contribution >= 4 is 21.9 Å². The van der Waals surface area contributed by atoms with Gasteiger partial charge in [0.25, 0.3) is 0 Å². The van der Waals surface area contributed by atoms with E-state index in [4.69, 9.17) is 5.11 Å². The molecule has 0 amide bonds. The molecule has 0 radical (unpaired) electrons. The Labute approximate surface area is 138 Å². The van der Waals surface area contributed by atoms with Crippen LogP contribution in [-0.2, 0) is 11.3 Å². The number of aliphatic carboxylic acids is 1. The molecule has 2 aromatic rings. The third-order valence-electron chi connectivity index (χ3n) is 3.56. The summed E-state index contributed by atoms with van der Waals surface area (Å²) >= 11 is 3.45. The molecule has 3 N–H and O–H groups in total. The second kappa shape index (κ2) is 7.07. The monoisotopic (exact) mass is 365 g/mol. The van der Waals surface area contributed by atoms with Gasteiger partial charge in [0.05, 0.1) is 23.9 Å². The van der Waals surface area contributed by atoms with Gasteiger partial charge >= 0.3 is 5.97 Å². The van der Waals surface area contributed by atoms with Crippen molar-refractivity contribution in [1.82, 2.24) is 15.3 Å². The average molecular weight is 366 g/mol. The smallest absolute Gasteiger partial charge is 0.309 e. The number of aromatic amines is 1. The lowest BCUT2D eigenvalue weighted by Gasteiger charge is -2.18. The van der Waals surface area contributed by atoms with E-state index in [1.54, 1.807) is 20.0 Å². The van der Waals surface area contributed by atoms with Crippen LogP contribution in [0, 0.1) is 5.41 Å². The highest BCUT2D eigenvalue weighted by molar-refractivity contribution is 9.10. The van der Waals surface area contributed by atoms with E-state index >= 15 is 0 Å². The number of H-pyrrole nitrogens is 1. The number of aromatic nitrogens is 2. The second-order valence-electron chi connectivity index (χ2n) is 5.87. The molecular formula is C16H20BrN3O2. The molecule has 22 heavy (non-hydrogen) atoms. The van der Waals surface area contributed by atoms with Crippen molar-refractivity contribution in [1.29, 1.82) is 0 Å². The number of carbonyl (C=O) groups is 1. The molecular weight excluding hydrogens is 346 g/mol. The number of carboxylic acid groups (broad SMARTS) is 1. The molecule has 0 aliphatic carbocycles. The minimum absolute atomic E-state index is 0.571. The summed E-state index contributed by atoms with van der Waals surface area (Å²) in [6.07, 6.45) is 2.38. The summed E-state index contributed by atoms with van der Waals surface area (Å²) in [6, 6.07) is 8.00. The van der Waals surface area contributed by atoms with E-state index in [0.29, 0.717) is 19.5 Å². The number of hydrogen-bond donors (Lipinski definition) is 3. The maximum atomic E-state index is 11.0. The second-order valence-corrected chi connectivity index (χ2v) is 6.79. The predicted molar refractivity (Wildman–Crippen MR) is 89.5 cm³/mol. The number of nitrogens with one attached hydrogen (secondary N) is 2. The Morgan fingerprint density at radius 3 is 2.91 bits per heavy atom. The first kappa shape index (κ1) is 16.7. The fourth-order valence-corrected chi connectivity index (χ4v) is 2.37. The number of rotatable bonds is 7. The van der Waals surface area contributed by atoms with Gasteiger partial charge in [-0.3, -0.25) is 4.79 Å². The van der Waals surface area contributed by atoms with Crippen molar-refractivity contribution in [3.05, 3.63) is 40.8 Å². The zero-order chi connectivity index (χ0) is 16.2. The Kier molecular flexibility index (Phi) is 5.37. The van der Waals surface area contributed by atoms with Crippen LogP contribution in [0.3, 0.4) is 0 Å². The van der Waals surface area contributed by atoms with Gasteiger partial charge in [0.1, 0.15) is 5.82 Å². The van der Waals surface area contributed by atoms with Gasteiger partial charge in [-0.1, -0.05) is 28.1 Å². The summed E-state index contributed by atoms with van der Waals surface area (Å²) in [5.41, 5.74) is 1.32. The highest BCUT2D eigenvalue weighted by atomic mass is 79.9. The van der Waals surface area contributed by atoms with Crippen molar-refractivity contribution in [3.63, 3.8) is 0 Å². The minimum atomic E-state index is -0.774. The topological polar surface area (TPSA) is 78.0 Å². The zero-order valence-corrected chi connectivity index (χ0v) is 14.3. The van der Waals surface area contributed by atoms with Crippen molar-refractivity contribution in [2.75, 3.05) is 6.54 Å². The van der Waals surface area contributed by atoms with E-state index in [1.807, 2.05) is 24.3 Å². The number of imidazole rings is 1. The Balaban J connectivity index is 1.87. The minimum Gasteiger partial charge on any atom is -0.481 e. The SMILES string of the molecule is CC(C)(CCNCc1ncc(-c2cccc(Br)c2)[nH]1)C(=O)O. The molecule has 0 fully saturated rings. The van der Waals surface area contributed by atoms with E-state index in [1.165, 1.54) is 0 Å². The molecule has 0 saturated heterocycles. The van der Waals surface area contributed by atoms with Crippen LogP contribution in [-0.4, -0.2) is 27.6 Å². The number of nitrogens with zero attached hydrogens (tertiary/aromatic N) is 1. The third kappa shape index (κ3) is 4.42.